The first kappa shape index (κ1) is 12.4. The molecule has 2 aromatic rings. The fourth-order valence-corrected chi connectivity index (χ4v) is 3.01. The lowest BCUT2D eigenvalue weighted by Gasteiger charge is -2.12. The topological polar surface area (TPSA) is 60.2 Å². The van der Waals surface area contributed by atoms with E-state index in [4.69, 9.17) is 10.6 Å². The Morgan fingerprint density at radius 3 is 2.58 bits per heavy atom. The van der Waals surface area contributed by atoms with Gasteiger partial charge in [-0.25, -0.2) is 10.8 Å². The Labute approximate surface area is 116 Å². The summed E-state index contributed by atoms with van der Waals surface area (Å²) < 4.78 is 5.94. The van der Waals surface area contributed by atoms with Crippen molar-refractivity contribution in [3.05, 3.63) is 29.6 Å². The second-order valence-corrected chi connectivity index (χ2v) is 5.59. The average Bonchev–Trinajstić information content (AvgIpc) is 3.10. The maximum atomic E-state index is 5.94. The number of nitrogens with zero attached hydrogens (tertiary/aromatic N) is 1. The van der Waals surface area contributed by atoms with E-state index in [1.54, 1.807) is 0 Å². The summed E-state index contributed by atoms with van der Waals surface area (Å²) >= 11 is 1.50. The summed E-state index contributed by atoms with van der Waals surface area (Å²) in [7, 11) is 0. The smallest absolute Gasteiger partial charge is 0.197 e. The van der Waals surface area contributed by atoms with Crippen molar-refractivity contribution < 1.29 is 4.74 Å². The van der Waals surface area contributed by atoms with Crippen LogP contribution in [-0.4, -0.2) is 11.1 Å². The van der Waals surface area contributed by atoms with Gasteiger partial charge in [-0.15, -0.1) is 11.3 Å². The zero-order valence-electron chi connectivity index (χ0n) is 10.6. The summed E-state index contributed by atoms with van der Waals surface area (Å²) in [6.07, 6.45) is 5.34. The molecule has 0 unspecified atom stereocenters. The van der Waals surface area contributed by atoms with Gasteiger partial charge in [-0.1, -0.05) is 0 Å². The van der Waals surface area contributed by atoms with Gasteiger partial charge in [-0.05, 0) is 49.9 Å². The Kier molecular flexibility index (Phi) is 3.66. The SMILES string of the molecule is NNc1nc(-c2ccc(OC3CCCC3)cc2)cs1. The van der Waals surface area contributed by atoms with E-state index in [1.807, 2.05) is 29.6 Å². The molecule has 0 bridgehead atoms. The summed E-state index contributed by atoms with van der Waals surface area (Å²) in [4.78, 5) is 4.37. The third-order valence-corrected chi connectivity index (χ3v) is 4.16. The number of benzene rings is 1. The molecule has 19 heavy (non-hydrogen) atoms. The van der Waals surface area contributed by atoms with Gasteiger partial charge in [-0.2, -0.15) is 0 Å². The van der Waals surface area contributed by atoms with Gasteiger partial charge in [0.25, 0.3) is 0 Å². The number of anilines is 1. The molecule has 4 nitrogen and oxygen atoms in total. The van der Waals surface area contributed by atoms with Crippen molar-refractivity contribution in [2.24, 2.45) is 5.84 Å². The van der Waals surface area contributed by atoms with Crippen LogP contribution in [-0.2, 0) is 0 Å². The van der Waals surface area contributed by atoms with Crippen LogP contribution in [0.2, 0.25) is 0 Å². The molecule has 0 aliphatic heterocycles. The van der Waals surface area contributed by atoms with Gasteiger partial charge < -0.3 is 4.74 Å². The highest BCUT2D eigenvalue weighted by molar-refractivity contribution is 7.14. The van der Waals surface area contributed by atoms with Gasteiger partial charge in [0.05, 0.1) is 11.8 Å². The van der Waals surface area contributed by atoms with Crippen LogP contribution >= 0.6 is 11.3 Å². The van der Waals surface area contributed by atoms with Crippen LogP contribution in [0.1, 0.15) is 25.7 Å². The second-order valence-electron chi connectivity index (χ2n) is 4.73. The Hall–Kier alpha value is -1.59. The lowest BCUT2D eigenvalue weighted by molar-refractivity contribution is 0.210. The predicted octanol–water partition coefficient (Wildman–Crippen LogP) is 3.42. The maximum absolute atomic E-state index is 5.94. The van der Waals surface area contributed by atoms with E-state index in [9.17, 15) is 0 Å². The highest BCUT2D eigenvalue weighted by atomic mass is 32.1. The average molecular weight is 275 g/mol. The standard InChI is InChI=1S/C14H17N3OS/c15-17-14-16-13(9-19-14)10-5-7-12(8-6-10)18-11-3-1-2-4-11/h5-9,11H,1-4,15H2,(H,16,17). The molecule has 1 aliphatic rings. The highest BCUT2D eigenvalue weighted by Gasteiger charge is 2.16. The van der Waals surface area contributed by atoms with Gasteiger partial charge in [-0.3, -0.25) is 5.43 Å². The van der Waals surface area contributed by atoms with E-state index in [0.717, 1.165) is 22.1 Å². The molecule has 0 radical (unpaired) electrons. The van der Waals surface area contributed by atoms with E-state index in [2.05, 4.69) is 10.4 Å². The second kappa shape index (κ2) is 5.59. The van der Waals surface area contributed by atoms with Crippen LogP contribution in [0, 0.1) is 0 Å². The number of hydrogen-bond donors (Lipinski definition) is 2. The molecule has 3 rings (SSSR count). The first-order valence-corrected chi connectivity index (χ1v) is 7.42. The molecule has 1 fully saturated rings. The van der Waals surface area contributed by atoms with Gasteiger partial charge >= 0.3 is 0 Å². The molecule has 1 aliphatic carbocycles. The molecule has 0 atom stereocenters. The zero-order valence-corrected chi connectivity index (χ0v) is 11.5. The first-order chi connectivity index (χ1) is 9.35. The number of nitrogens with two attached hydrogens (primary N) is 1. The summed E-state index contributed by atoms with van der Waals surface area (Å²) in [5.41, 5.74) is 4.58. The number of ether oxygens (including phenoxy) is 1. The van der Waals surface area contributed by atoms with Crippen LogP contribution in [0.5, 0.6) is 5.75 Å². The van der Waals surface area contributed by atoms with Crippen molar-refractivity contribution in [1.82, 2.24) is 4.98 Å². The Bertz CT molecular complexity index is 532. The maximum Gasteiger partial charge on any atom is 0.197 e. The molecule has 5 heteroatoms. The van der Waals surface area contributed by atoms with Crippen LogP contribution in [0.3, 0.4) is 0 Å². The molecule has 0 amide bonds. The fraction of sp³-hybridized carbons (Fsp3) is 0.357. The number of rotatable bonds is 4. The third-order valence-electron chi connectivity index (χ3n) is 3.38. The Balaban J connectivity index is 1.70. The number of hydrogen-bond acceptors (Lipinski definition) is 5. The van der Waals surface area contributed by atoms with Crippen molar-refractivity contribution in [2.45, 2.75) is 31.8 Å². The van der Waals surface area contributed by atoms with Crippen LogP contribution in [0.25, 0.3) is 11.3 Å². The minimum absolute atomic E-state index is 0.401. The summed E-state index contributed by atoms with van der Waals surface area (Å²) in [6, 6.07) is 8.12. The summed E-state index contributed by atoms with van der Waals surface area (Å²) in [5.74, 6) is 6.28. The number of hydrazine groups is 1. The normalized spacial score (nSPS) is 15.6. The summed E-state index contributed by atoms with van der Waals surface area (Å²) in [5, 5.41) is 2.71. The van der Waals surface area contributed by atoms with Gasteiger partial charge in [0, 0.05) is 10.9 Å². The van der Waals surface area contributed by atoms with Crippen molar-refractivity contribution in [2.75, 3.05) is 5.43 Å². The van der Waals surface area contributed by atoms with Gasteiger partial charge in [0.2, 0.25) is 0 Å². The Morgan fingerprint density at radius 1 is 1.21 bits per heavy atom. The van der Waals surface area contributed by atoms with Crippen LogP contribution < -0.4 is 16.0 Å². The first-order valence-electron chi connectivity index (χ1n) is 6.54. The molecular weight excluding hydrogens is 258 g/mol. The van der Waals surface area contributed by atoms with Crippen LogP contribution in [0.15, 0.2) is 29.6 Å². The van der Waals surface area contributed by atoms with E-state index >= 15 is 0 Å². The Morgan fingerprint density at radius 2 is 1.95 bits per heavy atom. The zero-order chi connectivity index (χ0) is 13.1. The number of nitrogen functional groups attached to an aromatic ring is 1. The molecule has 1 heterocycles. The molecule has 1 aromatic heterocycles. The number of thiazole rings is 1. The highest BCUT2D eigenvalue weighted by Crippen LogP contribution is 2.28. The van der Waals surface area contributed by atoms with Crippen molar-refractivity contribution in [3.63, 3.8) is 0 Å². The fourth-order valence-electron chi connectivity index (χ4n) is 2.38. The number of aromatic nitrogens is 1. The van der Waals surface area contributed by atoms with Crippen LogP contribution in [0.4, 0.5) is 5.13 Å². The minimum atomic E-state index is 0.401. The van der Waals surface area contributed by atoms with Crippen molar-refractivity contribution in [1.29, 1.82) is 0 Å². The van der Waals surface area contributed by atoms with E-state index < -0.39 is 0 Å². The molecule has 0 saturated heterocycles. The molecule has 1 aromatic carbocycles. The minimum Gasteiger partial charge on any atom is -0.490 e. The molecule has 100 valence electrons. The van der Waals surface area contributed by atoms with Crippen molar-refractivity contribution in [3.8, 4) is 17.0 Å². The predicted molar refractivity (Wildman–Crippen MR) is 78.2 cm³/mol. The van der Waals surface area contributed by atoms with E-state index in [0.29, 0.717) is 6.10 Å². The quantitative estimate of drug-likeness (QED) is 0.663. The van der Waals surface area contributed by atoms with E-state index in [-0.39, 0.29) is 0 Å². The monoisotopic (exact) mass is 275 g/mol. The third kappa shape index (κ3) is 2.88. The lowest BCUT2D eigenvalue weighted by Crippen LogP contribution is -2.10. The largest absolute Gasteiger partial charge is 0.490 e. The van der Waals surface area contributed by atoms with Crippen molar-refractivity contribution >= 4 is 16.5 Å². The molecule has 3 N–H and O–H groups in total. The summed E-state index contributed by atoms with van der Waals surface area (Å²) in [6.45, 7) is 0. The molecule has 1 saturated carbocycles. The lowest BCUT2D eigenvalue weighted by atomic mass is 10.2. The van der Waals surface area contributed by atoms with Gasteiger partial charge in [0.15, 0.2) is 5.13 Å². The van der Waals surface area contributed by atoms with E-state index in [1.165, 1.54) is 37.0 Å². The van der Waals surface area contributed by atoms with Gasteiger partial charge in [0.1, 0.15) is 5.75 Å². The molecular formula is C14H17N3OS. The molecule has 0 spiro atoms. The number of nitrogens with one attached hydrogen (secondary N) is 1.